The lowest BCUT2D eigenvalue weighted by molar-refractivity contribution is 0.0967. The second-order valence-corrected chi connectivity index (χ2v) is 5.55. The fraction of sp³-hybridized carbons (Fsp3) is 0.333. The zero-order valence-corrected chi connectivity index (χ0v) is 13.2. The molecule has 0 saturated heterocycles. The molecule has 0 bridgehead atoms. The van der Waals surface area contributed by atoms with Gasteiger partial charge in [0.15, 0.2) is 5.78 Å². The Balaban J connectivity index is 2.30. The second-order valence-electron chi connectivity index (χ2n) is 4.71. The Morgan fingerprint density at radius 3 is 2.60 bits per heavy atom. The summed E-state index contributed by atoms with van der Waals surface area (Å²) in [6.45, 7) is 6.19. The maximum atomic E-state index is 12.3. The number of hydrogen-bond acceptors (Lipinski definition) is 2. The molecule has 0 amide bonds. The van der Waals surface area contributed by atoms with Crippen LogP contribution < -0.4 is 0 Å². The van der Waals surface area contributed by atoms with Crippen molar-refractivity contribution >= 4 is 29.0 Å². The molecule has 3 nitrogen and oxygen atoms in total. The average Bonchev–Trinajstić information content (AvgIpc) is 2.66. The van der Waals surface area contributed by atoms with Crippen LogP contribution in [0.15, 0.2) is 18.2 Å². The van der Waals surface area contributed by atoms with Crippen molar-refractivity contribution in [1.82, 2.24) is 9.78 Å². The molecular weight excluding hydrogens is 295 g/mol. The number of rotatable bonds is 4. The Hall–Kier alpha value is -1.32. The highest BCUT2D eigenvalue weighted by molar-refractivity contribution is 6.35. The standard InChI is InChI=1S/C15H16Cl2N2O/c1-4-12-9(2)18-19(10(12)3)8-15(20)13-7-11(16)5-6-14(13)17/h5-7H,4,8H2,1-3H3. The summed E-state index contributed by atoms with van der Waals surface area (Å²) in [5.74, 6) is -0.0919. The van der Waals surface area contributed by atoms with E-state index in [-0.39, 0.29) is 12.3 Å². The highest BCUT2D eigenvalue weighted by atomic mass is 35.5. The topological polar surface area (TPSA) is 34.9 Å². The summed E-state index contributed by atoms with van der Waals surface area (Å²) in [7, 11) is 0. The van der Waals surface area contributed by atoms with E-state index in [0.29, 0.717) is 15.6 Å². The lowest BCUT2D eigenvalue weighted by Gasteiger charge is -2.06. The van der Waals surface area contributed by atoms with Crippen molar-refractivity contribution in [2.75, 3.05) is 0 Å². The smallest absolute Gasteiger partial charge is 0.185 e. The molecule has 2 rings (SSSR count). The minimum atomic E-state index is -0.0919. The largest absolute Gasteiger partial charge is 0.292 e. The van der Waals surface area contributed by atoms with Gasteiger partial charge >= 0.3 is 0 Å². The van der Waals surface area contributed by atoms with E-state index in [1.54, 1.807) is 22.9 Å². The summed E-state index contributed by atoms with van der Waals surface area (Å²) in [4.78, 5) is 12.3. The Bertz CT molecular complexity index is 662. The monoisotopic (exact) mass is 310 g/mol. The number of nitrogens with zero attached hydrogens (tertiary/aromatic N) is 2. The average molecular weight is 311 g/mol. The molecule has 0 N–H and O–H groups in total. The lowest BCUT2D eigenvalue weighted by Crippen LogP contribution is -2.13. The van der Waals surface area contributed by atoms with Gasteiger partial charge in [-0.2, -0.15) is 5.10 Å². The first-order valence-electron chi connectivity index (χ1n) is 6.45. The van der Waals surface area contributed by atoms with E-state index in [4.69, 9.17) is 23.2 Å². The van der Waals surface area contributed by atoms with Crippen molar-refractivity contribution < 1.29 is 4.79 Å². The van der Waals surface area contributed by atoms with Gasteiger partial charge in [0.1, 0.15) is 6.54 Å². The normalized spacial score (nSPS) is 10.8. The van der Waals surface area contributed by atoms with E-state index in [1.165, 1.54) is 5.56 Å². The SMILES string of the molecule is CCc1c(C)nn(CC(=O)c2cc(Cl)ccc2Cl)c1C. The van der Waals surface area contributed by atoms with Crippen molar-refractivity contribution in [3.05, 3.63) is 50.8 Å². The van der Waals surface area contributed by atoms with Gasteiger partial charge in [-0.15, -0.1) is 0 Å². The van der Waals surface area contributed by atoms with Crippen LogP contribution in [0.2, 0.25) is 10.0 Å². The third-order valence-electron chi connectivity index (χ3n) is 3.41. The molecule has 0 fully saturated rings. The Morgan fingerprint density at radius 2 is 2.00 bits per heavy atom. The van der Waals surface area contributed by atoms with E-state index in [0.717, 1.165) is 17.8 Å². The van der Waals surface area contributed by atoms with E-state index in [9.17, 15) is 4.79 Å². The maximum absolute atomic E-state index is 12.3. The third kappa shape index (κ3) is 2.89. The number of carbonyl (C=O) groups is 1. The van der Waals surface area contributed by atoms with Crippen LogP contribution in [0.1, 0.15) is 34.2 Å². The number of carbonyl (C=O) groups excluding carboxylic acids is 1. The van der Waals surface area contributed by atoms with Gasteiger partial charge in [0.25, 0.3) is 0 Å². The van der Waals surface area contributed by atoms with Crippen molar-refractivity contribution in [3.8, 4) is 0 Å². The van der Waals surface area contributed by atoms with Crippen LogP contribution in [-0.2, 0) is 13.0 Å². The number of Topliss-reactive ketones (excluding diaryl/α,β-unsaturated/α-hetero) is 1. The zero-order valence-electron chi connectivity index (χ0n) is 11.7. The number of ketones is 1. The van der Waals surface area contributed by atoms with Crippen LogP contribution in [0.4, 0.5) is 0 Å². The molecule has 0 atom stereocenters. The predicted molar refractivity (Wildman–Crippen MR) is 81.9 cm³/mol. The molecular formula is C15H16Cl2N2O. The van der Waals surface area contributed by atoms with Gasteiger partial charge in [0.05, 0.1) is 10.7 Å². The van der Waals surface area contributed by atoms with Gasteiger partial charge < -0.3 is 0 Å². The molecule has 1 aromatic heterocycles. The summed E-state index contributed by atoms with van der Waals surface area (Å²) in [6, 6.07) is 4.90. The number of aryl methyl sites for hydroxylation is 1. The summed E-state index contributed by atoms with van der Waals surface area (Å²) in [5.41, 5.74) is 3.62. The molecule has 5 heteroatoms. The van der Waals surface area contributed by atoms with Crippen LogP contribution in [0.25, 0.3) is 0 Å². The summed E-state index contributed by atoms with van der Waals surface area (Å²) >= 11 is 12.0. The van der Waals surface area contributed by atoms with Gasteiger partial charge in [0, 0.05) is 16.3 Å². The molecule has 0 aliphatic rings. The predicted octanol–water partition coefficient (Wildman–Crippen LogP) is 4.25. The van der Waals surface area contributed by atoms with Gasteiger partial charge in [-0.25, -0.2) is 0 Å². The molecule has 0 aliphatic carbocycles. The quantitative estimate of drug-likeness (QED) is 0.791. The summed E-state index contributed by atoms with van der Waals surface area (Å²) < 4.78 is 1.73. The minimum Gasteiger partial charge on any atom is -0.292 e. The molecule has 0 radical (unpaired) electrons. The maximum Gasteiger partial charge on any atom is 0.185 e. The van der Waals surface area contributed by atoms with Crippen LogP contribution in [0.5, 0.6) is 0 Å². The molecule has 1 heterocycles. The molecule has 106 valence electrons. The van der Waals surface area contributed by atoms with Crippen LogP contribution in [0.3, 0.4) is 0 Å². The van der Waals surface area contributed by atoms with Crippen LogP contribution in [-0.4, -0.2) is 15.6 Å². The van der Waals surface area contributed by atoms with E-state index in [2.05, 4.69) is 12.0 Å². The number of halogens is 2. The fourth-order valence-electron chi connectivity index (χ4n) is 2.33. The Labute approximate surface area is 128 Å². The summed E-state index contributed by atoms with van der Waals surface area (Å²) in [6.07, 6.45) is 0.907. The van der Waals surface area contributed by atoms with E-state index < -0.39 is 0 Å². The first-order chi connectivity index (χ1) is 9.43. The lowest BCUT2D eigenvalue weighted by atomic mass is 10.1. The highest BCUT2D eigenvalue weighted by Crippen LogP contribution is 2.22. The van der Waals surface area contributed by atoms with E-state index in [1.807, 2.05) is 13.8 Å². The van der Waals surface area contributed by atoms with Crippen LogP contribution >= 0.6 is 23.2 Å². The Kier molecular flexibility index (Phi) is 4.51. The van der Waals surface area contributed by atoms with Gasteiger partial charge in [-0.3, -0.25) is 9.48 Å². The van der Waals surface area contributed by atoms with Gasteiger partial charge in [-0.1, -0.05) is 30.1 Å². The minimum absolute atomic E-state index is 0.0919. The first-order valence-corrected chi connectivity index (χ1v) is 7.20. The molecule has 0 aliphatic heterocycles. The molecule has 0 saturated carbocycles. The fourth-order valence-corrected chi connectivity index (χ4v) is 2.73. The summed E-state index contributed by atoms with van der Waals surface area (Å²) in [5, 5.41) is 5.33. The molecule has 2 aromatic rings. The highest BCUT2D eigenvalue weighted by Gasteiger charge is 2.16. The number of benzene rings is 1. The zero-order chi connectivity index (χ0) is 14.9. The van der Waals surface area contributed by atoms with Crippen molar-refractivity contribution in [3.63, 3.8) is 0 Å². The van der Waals surface area contributed by atoms with E-state index >= 15 is 0 Å². The molecule has 0 unspecified atom stereocenters. The molecule has 20 heavy (non-hydrogen) atoms. The second kappa shape index (κ2) is 5.98. The number of aromatic nitrogens is 2. The van der Waals surface area contributed by atoms with Crippen molar-refractivity contribution in [2.45, 2.75) is 33.7 Å². The first kappa shape index (κ1) is 15.1. The van der Waals surface area contributed by atoms with Gasteiger partial charge in [0.2, 0.25) is 0 Å². The Morgan fingerprint density at radius 1 is 1.30 bits per heavy atom. The number of hydrogen-bond donors (Lipinski definition) is 0. The van der Waals surface area contributed by atoms with Crippen molar-refractivity contribution in [1.29, 1.82) is 0 Å². The third-order valence-corrected chi connectivity index (χ3v) is 3.97. The van der Waals surface area contributed by atoms with Crippen molar-refractivity contribution in [2.24, 2.45) is 0 Å². The molecule has 0 spiro atoms. The van der Waals surface area contributed by atoms with Crippen LogP contribution in [0, 0.1) is 13.8 Å². The molecule has 1 aromatic carbocycles. The van der Waals surface area contributed by atoms with Gasteiger partial charge in [-0.05, 0) is 44.0 Å².